The number of carbonyl (C=O) groups is 1. The van der Waals surface area contributed by atoms with Gasteiger partial charge >= 0.3 is 0 Å². The van der Waals surface area contributed by atoms with Crippen molar-refractivity contribution < 1.29 is 4.79 Å². The monoisotopic (exact) mass is 248 g/mol. The fraction of sp³-hybridized carbons (Fsp3) is 0.571. The van der Waals surface area contributed by atoms with Gasteiger partial charge in [0.25, 0.3) is 5.91 Å². The number of rotatable bonds is 2. The van der Waals surface area contributed by atoms with Crippen LogP contribution in [0.5, 0.6) is 0 Å². The number of nitrogens with one attached hydrogen (secondary N) is 2. The van der Waals surface area contributed by atoms with Gasteiger partial charge in [-0.3, -0.25) is 9.59 Å². The summed E-state index contributed by atoms with van der Waals surface area (Å²) in [5.74, 6) is 0.332. The highest BCUT2D eigenvalue weighted by molar-refractivity contribution is 5.92. The van der Waals surface area contributed by atoms with Gasteiger partial charge in [0.05, 0.1) is 0 Å². The summed E-state index contributed by atoms with van der Waals surface area (Å²) >= 11 is 0. The average molecular weight is 248 g/mol. The molecule has 2 unspecified atom stereocenters. The van der Waals surface area contributed by atoms with Gasteiger partial charge in [0, 0.05) is 12.1 Å². The Bertz CT molecular complexity index is 467. The maximum Gasteiger partial charge on any atom is 0.268 e. The van der Waals surface area contributed by atoms with Crippen molar-refractivity contribution in [3.05, 3.63) is 34.2 Å². The number of hydrogen-bond acceptors (Lipinski definition) is 2. The van der Waals surface area contributed by atoms with E-state index in [1.165, 1.54) is 25.3 Å². The van der Waals surface area contributed by atoms with E-state index < -0.39 is 0 Å². The third-order valence-electron chi connectivity index (χ3n) is 3.69. The summed E-state index contributed by atoms with van der Waals surface area (Å²) in [6.07, 6.45) is 5.86. The fourth-order valence-corrected chi connectivity index (χ4v) is 2.53. The van der Waals surface area contributed by atoms with Crippen LogP contribution in [0.15, 0.2) is 23.0 Å². The van der Waals surface area contributed by atoms with E-state index in [1.54, 1.807) is 12.1 Å². The van der Waals surface area contributed by atoms with Crippen molar-refractivity contribution in [3.8, 4) is 0 Å². The summed E-state index contributed by atoms with van der Waals surface area (Å²) in [6.45, 7) is 2.18. The Morgan fingerprint density at radius 3 is 2.83 bits per heavy atom. The van der Waals surface area contributed by atoms with Crippen LogP contribution in [0.4, 0.5) is 0 Å². The van der Waals surface area contributed by atoms with Crippen LogP contribution in [-0.2, 0) is 0 Å². The highest BCUT2D eigenvalue weighted by atomic mass is 16.2. The molecule has 1 amide bonds. The zero-order valence-corrected chi connectivity index (χ0v) is 10.7. The number of H-pyrrole nitrogens is 1. The highest BCUT2D eigenvalue weighted by Crippen LogP contribution is 2.23. The minimum Gasteiger partial charge on any atom is -0.348 e. The predicted octanol–water partition coefficient (Wildman–Crippen LogP) is 2.07. The minimum atomic E-state index is -0.239. The normalized spacial score (nSPS) is 24.3. The molecule has 4 heteroatoms. The molecule has 1 saturated carbocycles. The number of pyridine rings is 1. The molecule has 0 radical (unpaired) electrons. The third kappa shape index (κ3) is 3.22. The van der Waals surface area contributed by atoms with Crippen LogP contribution >= 0.6 is 0 Å². The molecule has 1 aromatic rings. The molecule has 1 heterocycles. The second-order valence-electron chi connectivity index (χ2n) is 5.12. The molecule has 0 bridgehead atoms. The molecule has 2 atom stereocenters. The molecule has 1 fully saturated rings. The summed E-state index contributed by atoms with van der Waals surface area (Å²) in [6, 6.07) is 4.87. The Morgan fingerprint density at radius 1 is 1.28 bits per heavy atom. The zero-order valence-electron chi connectivity index (χ0n) is 10.7. The standard InChI is InChI=1S/C14H20N2O2/c1-10-6-3-2-4-7-11(10)16-14(18)12-8-5-9-13(17)15-12/h5,8-11H,2-4,6-7H2,1H3,(H,15,17)(H,16,18). The molecule has 0 saturated heterocycles. The highest BCUT2D eigenvalue weighted by Gasteiger charge is 2.22. The molecule has 1 aliphatic rings. The molecule has 1 aromatic heterocycles. The van der Waals surface area contributed by atoms with E-state index in [0.717, 1.165) is 12.8 Å². The quantitative estimate of drug-likeness (QED) is 0.787. The van der Waals surface area contributed by atoms with E-state index in [0.29, 0.717) is 11.6 Å². The first-order valence-corrected chi connectivity index (χ1v) is 6.67. The second-order valence-corrected chi connectivity index (χ2v) is 5.12. The Kier molecular flexibility index (Phi) is 4.18. The maximum absolute atomic E-state index is 12.0. The lowest BCUT2D eigenvalue weighted by Crippen LogP contribution is -2.39. The number of aromatic amines is 1. The van der Waals surface area contributed by atoms with Gasteiger partial charge in [0.15, 0.2) is 0 Å². The third-order valence-corrected chi connectivity index (χ3v) is 3.69. The van der Waals surface area contributed by atoms with Crippen LogP contribution in [0.1, 0.15) is 49.5 Å². The zero-order chi connectivity index (χ0) is 13.0. The van der Waals surface area contributed by atoms with Gasteiger partial charge in [-0.25, -0.2) is 0 Å². The average Bonchev–Trinajstić information content (AvgIpc) is 2.55. The van der Waals surface area contributed by atoms with Crippen molar-refractivity contribution in [2.24, 2.45) is 5.92 Å². The first kappa shape index (κ1) is 12.9. The van der Waals surface area contributed by atoms with Crippen molar-refractivity contribution in [2.45, 2.75) is 45.1 Å². The van der Waals surface area contributed by atoms with Crippen LogP contribution in [0, 0.1) is 5.92 Å². The van der Waals surface area contributed by atoms with Crippen LogP contribution in [-0.4, -0.2) is 16.9 Å². The van der Waals surface area contributed by atoms with Crippen molar-refractivity contribution >= 4 is 5.91 Å². The van der Waals surface area contributed by atoms with Gasteiger partial charge in [0.2, 0.25) is 5.56 Å². The Labute approximate surface area is 107 Å². The first-order chi connectivity index (χ1) is 8.66. The largest absolute Gasteiger partial charge is 0.348 e. The van der Waals surface area contributed by atoms with Crippen LogP contribution < -0.4 is 10.9 Å². The summed E-state index contributed by atoms with van der Waals surface area (Å²) in [4.78, 5) is 25.8. The van der Waals surface area contributed by atoms with E-state index in [4.69, 9.17) is 0 Å². The molecule has 1 aliphatic carbocycles. The predicted molar refractivity (Wildman–Crippen MR) is 70.6 cm³/mol. The van der Waals surface area contributed by atoms with Crippen molar-refractivity contribution in [3.63, 3.8) is 0 Å². The van der Waals surface area contributed by atoms with Crippen LogP contribution in [0.2, 0.25) is 0 Å². The number of carbonyl (C=O) groups excluding carboxylic acids is 1. The van der Waals surface area contributed by atoms with E-state index in [2.05, 4.69) is 17.2 Å². The molecule has 0 aliphatic heterocycles. The van der Waals surface area contributed by atoms with Gasteiger partial charge in [-0.2, -0.15) is 0 Å². The molecule has 98 valence electrons. The summed E-state index contributed by atoms with van der Waals surface area (Å²) in [5, 5.41) is 3.04. The van der Waals surface area contributed by atoms with Gasteiger partial charge in [-0.15, -0.1) is 0 Å². The summed E-state index contributed by atoms with van der Waals surface area (Å²) in [5.41, 5.74) is 0.107. The van der Waals surface area contributed by atoms with Crippen LogP contribution in [0.25, 0.3) is 0 Å². The number of amides is 1. The summed E-state index contributed by atoms with van der Waals surface area (Å²) < 4.78 is 0. The molecular formula is C14H20N2O2. The van der Waals surface area contributed by atoms with Crippen molar-refractivity contribution in [1.82, 2.24) is 10.3 Å². The second kappa shape index (κ2) is 5.85. The lowest BCUT2D eigenvalue weighted by atomic mass is 9.97. The van der Waals surface area contributed by atoms with Gasteiger partial charge in [-0.1, -0.05) is 32.3 Å². The van der Waals surface area contributed by atoms with Gasteiger partial charge < -0.3 is 10.3 Å². The van der Waals surface area contributed by atoms with Crippen molar-refractivity contribution in [2.75, 3.05) is 0 Å². The molecule has 0 spiro atoms. The SMILES string of the molecule is CC1CCCCCC1NC(=O)c1cccc(=O)[nH]1. The van der Waals surface area contributed by atoms with Crippen molar-refractivity contribution in [1.29, 1.82) is 0 Å². The van der Waals surface area contributed by atoms with Gasteiger partial charge in [-0.05, 0) is 24.8 Å². The fourth-order valence-electron chi connectivity index (χ4n) is 2.53. The maximum atomic E-state index is 12.0. The number of hydrogen-bond donors (Lipinski definition) is 2. The molecule has 0 aromatic carbocycles. The van der Waals surface area contributed by atoms with E-state index in [1.807, 2.05) is 0 Å². The molecule has 4 nitrogen and oxygen atoms in total. The lowest BCUT2D eigenvalue weighted by Gasteiger charge is -2.22. The Morgan fingerprint density at radius 2 is 2.06 bits per heavy atom. The molecular weight excluding hydrogens is 228 g/mol. The smallest absolute Gasteiger partial charge is 0.268 e. The first-order valence-electron chi connectivity index (χ1n) is 6.67. The Hall–Kier alpha value is -1.58. The molecule has 18 heavy (non-hydrogen) atoms. The summed E-state index contributed by atoms with van der Waals surface area (Å²) in [7, 11) is 0. The van der Waals surface area contributed by atoms with E-state index >= 15 is 0 Å². The molecule has 2 rings (SSSR count). The van der Waals surface area contributed by atoms with E-state index in [-0.39, 0.29) is 17.5 Å². The van der Waals surface area contributed by atoms with Gasteiger partial charge in [0.1, 0.15) is 5.69 Å². The Balaban J connectivity index is 2.04. The topological polar surface area (TPSA) is 62.0 Å². The minimum absolute atomic E-state index is 0.175. The number of aromatic nitrogens is 1. The van der Waals surface area contributed by atoms with Crippen LogP contribution in [0.3, 0.4) is 0 Å². The molecule has 2 N–H and O–H groups in total. The lowest BCUT2D eigenvalue weighted by molar-refractivity contribution is 0.0916. The van der Waals surface area contributed by atoms with E-state index in [9.17, 15) is 9.59 Å².